The van der Waals surface area contributed by atoms with E-state index in [1.165, 1.54) is 0 Å². The summed E-state index contributed by atoms with van der Waals surface area (Å²) >= 11 is 0. The minimum atomic E-state index is -0.648. The maximum Gasteiger partial charge on any atom is 0.251 e. The third kappa shape index (κ3) is 4.81. The van der Waals surface area contributed by atoms with Gasteiger partial charge in [0.05, 0.1) is 6.61 Å². The van der Waals surface area contributed by atoms with Crippen LogP contribution in [0, 0.1) is 0 Å². The largest absolute Gasteiger partial charge is 0.478 e. The van der Waals surface area contributed by atoms with Crippen LogP contribution in [0.3, 0.4) is 0 Å². The lowest BCUT2D eigenvalue weighted by atomic mass is 10.2. The van der Waals surface area contributed by atoms with Crippen LogP contribution >= 0.6 is 0 Å². The molecule has 0 radical (unpaired) electrons. The molecular weight excluding hydrogens is 306 g/mol. The Balaban J connectivity index is 1.89. The van der Waals surface area contributed by atoms with Gasteiger partial charge in [-0.05, 0) is 32.0 Å². The molecule has 0 bridgehead atoms. The number of nitrogens with one attached hydrogen (secondary N) is 2. The van der Waals surface area contributed by atoms with Gasteiger partial charge in [-0.1, -0.05) is 24.3 Å². The molecule has 0 aliphatic carbocycles. The van der Waals surface area contributed by atoms with Crippen LogP contribution < -0.4 is 15.4 Å². The highest BCUT2D eigenvalue weighted by atomic mass is 16.5. The molecule has 126 valence electrons. The molecule has 2 aromatic rings. The van der Waals surface area contributed by atoms with Crippen LogP contribution in [-0.4, -0.2) is 29.4 Å². The zero-order valence-electron chi connectivity index (χ0n) is 13.8. The summed E-state index contributed by atoms with van der Waals surface area (Å²) < 4.78 is 5.42. The maximum absolute atomic E-state index is 12.2. The van der Waals surface area contributed by atoms with Crippen molar-refractivity contribution in [3.05, 3.63) is 59.8 Å². The number of ether oxygens (including phenoxy) is 1. The maximum atomic E-state index is 12.2. The third-order valence-corrected chi connectivity index (χ3v) is 3.36. The van der Waals surface area contributed by atoms with Crippen molar-refractivity contribution in [2.24, 2.45) is 0 Å². The van der Waals surface area contributed by atoms with Gasteiger partial charge in [-0.15, -0.1) is 0 Å². The summed E-state index contributed by atoms with van der Waals surface area (Å²) in [7, 11) is 0. The summed E-state index contributed by atoms with van der Waals surface area (Å²) in [6, 6.07) is 11.8. The average Bonchev–Trinajstić information content (AvgIpc) is 2.61. The highest BCUT2D eigenvalue weighted by molar-refractivity contribution is 5.97. The van der Waals surface area contributed by atoms with E-state index < -0.39 is 6.04 Å². The molecule has 6 nitrogen and oxygen atoms in total. The number of hydrogen-bond donors (Lipinski definition) is 2. The van der Waals surface area contributed by atoms with Gasteiger partial charge >= 0.3 is 0 Å². The summed E-state index contributed by atoms with van der Waals surface area (Å²) in [4.78, 5) is 28.4. The van der Waals surface area contributed by atoms with Crippen LogP contribution in [0.15, 0.2) is 48.7 Å². The molecule has 2 rings (SSSR count). The Morgan fingerprint density at radius 1 is 1.17 bits per heavy atom. The zero-order valence-corrected chi connectivity index (χ0v) is 13.8. The van der Waals surface area contributed by atoms with Gasteiger partial charge in [-0.25, -0.2) is 4.98 Å². The van der Waals surface area contributed by atoms with Gasteiger partial charge in [0, 0.05) is 23.9 Å². The summed E-state index contributed by atoms with van der Waals surface area (Å²) in [5, 5.41) is 5.45. The van der Waals surface area contributed by atoms with Gasteiger partial charge in [0.25, 0.3) is 5.91 Å². The Morgan fingerprint density at radius 2 is 1.92 bits per heavy atom. The molecule has 1 atom stereocenters. The lowest BCUT2D eigenvalue weighted by Crippen LogP contribution is -2.44. The van der Waals surface area contributed by atoms with E-state index in [0.29, 0.717) is 18.1 Å². The third-order valence-electron chi connectivity index (χ3n) is 3.36. The molecule has 0 saturated carbocycles. The fraction of sp³-hybridized carbons (Fsp3) is 0.278. The van der Waals surface area contributed by atoms with Crippen LogP contribution in [0.2, 0.25) is 0 Å². The molecule has 0 saturated heterocycles. The molecule has 2 amide bonds. The van der Waals surface area contributed by atoms with Gasteiger partial charge in [-0.3, -0.25) is 9.59 Å². The van der Waals surface area contributed by atoms with Crippen molar-refractivity contribution in [1.29, 1.82) is 0 Å². The number of nitrogens with zero attached hydrogens (tertiary/aromatic N) is 1. The van der Waals surface area contributed by atoms with Crippen molar-refractivity contribution in [3.63, 3.8) is 0 Å². The minimum absolute atomic E-state index is 0.273. The van der Waals surface area contributed by atoms with Gasteiger partial charge in [-0.2, -0.15) is 0 Å². The number of aromatic nitrogens is 1. The second kappa shape index (κ2) is 8.67. The molecule has 0 aliphatic rings. The molecule has 6 heteroatoms. The van der Waals surface area contributed by atoms with Crippen LogP contribution in [0.4, 0.5) is 0 Å². The van der Waals surface area contributed by atoms with Gasteiger partial charge in [0.15, 0.2) is 0 Å². The van der Waals surface area contributed by atoms with Crippen LogP contribution in [-0.2, 0) is 11.3 Å². The Kier molecular flexibility index (Phi) is 6.31. The van der Waals surface area contributed by atoms with E-state index in [0.717, 1.165) is 5.56 Å². The highest BCUT2D eigenvalue weighted by Gasteiger charge is 2.16. The van der Waals surface area contributed by atoms with Crippen molar-refractivity contribution in [3.8, 4) is 5.88 Å². The normalized spacial score (nSPS) is 11.4. The quantitative estimate of drug-likeness (QED) is 0.814. The number of carbonyl (C=O) groups is 2. The molecule has 0 aliphatic heterocycles. The van der Waals surface area contributed by atoms with Crippen LogP contribution in [0.1, 0.15) is 29.8 Å². The molecule has 1 unspecified atom stereocenters. The number of benzene rings is 1. The minimum Gasteiger partial charge on any atom is -0.478 e. The first kappa shape index (κ1) is 17.5. The van der Waals surface area contributed by atoms with Crippen molar-refractivity contribution in [2.75, 3.05) is 6.61 Å². The molecule has 0 spiro atoms. The predicted octanol–water partition coefficient (Wildman–Crippen LogP) is 1.91. The van der Waals surface area contributed by atoms with Crippen LogP contribution in [0.5, 0.6) is 5.88 Å². The van der Waals surface area contributed by atoms with Crippen LogP contribution in [0.25, 0.3) is 0 Å². The predicted molar refractivity (Wildman–Crippen MR) is 90.6 cm³/mol. The lowest BCUT2D eigenvalue weighted by molar-refractivity contribution is -0.122. The number of rotatable bonds is 7. The topological polar surface area (TPSA) is 80.3 Å². The SMILES string of the molecule is CCOc1ncccc1CNC(=O)C(C)NC(=O)c1ccccc1. The summed E-state index contributed by atoms with van der Waals surface area (Å²) in [5.41, 5.74) is 1.30. The molecule has 0 fully saturated rings. The average molecular weight is 327 g/mol. The molecular formula is C18H21N3O3. The van der Waals surface area contributed by atoms with Gasteiger partial charge in [0.2, 0.25) is 11.8 Å². The van der Waals surface area contributed by atoms with E-state index in [1.807, 2.05) is 19.1 Å². The van der Waals surface area contributed by atoms with E-state index in [2.05, 4.69) is 15.6 Å². The second-order valence-electron chi connectivity index (χ2n) is 5.18. The summed E-state index contributed by atoms with van der Waals surface area (Å²) in [6.45, 7) is 4.30. The van der Waals surface area contributed by atoms with Gasteiger partial charge in [0.1, 0.15) is 6.04 Å². The summed E-state index contributed by atoms with van der Waals surface area (Å²) in [5.74, 6) is -0.0542. The number of amides is 2. The lowest BCUT2D eigenvalue weighted by Gasteiger charge is -2.15. The van der Waals surface area contributed by atoms with E-state index in [4.69, 9.17) is 4.74 Å². The summed E-state index contributed by atoms with van der Waals surface area (Å²) in [6.07, 6.45) is 1.64. The van der Waals surface area contributed by atoms with E-state index in [1.54, 1.807) is 43.5 Å². The van der Waals surface area contributed by atoms with E-state index in [-0.39, 0.29) is 18.4 Å². The first-order valence-electron chi connectivity index (χ1n) is 7.82. The fourth-order valence-electron chi connectivity index (χ4n) is 2.10. The Morgan fingerprint density at radius 3 is 2.62 bits per heavy atom. The number of hydrogen-bond acceptors (Lipinski definition) is 4. The molecule has 2 N–H and O–H groups in total. The van der Waals surface area contributed by atoms with E-state index >= 15 is 0 Å². The fourth-order valence-corrected chi connectivity index (χ4v) is 2.10. The second-order valence-corrected chi connectivity index (χ2v) is 5.18. The van der Waals surface area contributed by atoms with Crippen molar-refractivity contribution >= 4 is 11.8 Å². The Labute approximate surface area is 141 Å². The smallest absolute Gasteiger partial charge is 0.251 e. The van der Waals surface area contributed by atoms with Crippen molar-refractivity contribution < 1.29 is 14.3 Å². The standard InChI is InChI=1S/C18H21N3O3/c1-3-24-18-15(10-7-11-19-18)12-20-16(22)13(2)21-17(23)14-8-5-4-6-9-14/h4-11,13H,3,12H2,1-2H3,(H,20,22)(H,21,23). The zero-order chi connectivity index (χ0) is 17.4. The molecule has 1 heterocycles. The molecule has 24 heavy (non-hydrogen) atoms. The monoisotopic (exact) mass is 327 g/mol. The first-order chi connectivity index (χ1) is 11.6. The highest BCUT2D eigenvalue weighted by Crippen LogP contribution is 2.13. The van der Waals surface area contributed by atoms with Crippen molar-refractivity contribution in [1.82, 2.24) is 15.6 Å². The first-order valence-corrected chi connectivity index (χ1v) is 7.82. The Hall–Kier alpha value is -2.89. The van der Waals surface area contributed by atoms with E-state index in [9.17, 15) is 9.59 Å². The van der Waals surface area contributed by atoms with Crippen molar-refractivity contribution in [2.45, 2.75) is 26.4 Å². The molecule has 1 aromatic carbocycles. The van der Waals surface area contributed by atoms with Gasteiger partial charge < -0.3 is 15.4 Å². The molecule has 1 aromatic heterocycles. The number of carbonyl (C=O) groups excluding carboxylic acids is 2. The Bertz CT molecular complexity index is 689. The number of pyridine rings is 1.